The molecule has 3 heterocycles. The number of carbonyl (C=O) groups excluding carboxylic acids is 2. The first-order valence-corrected chi connectivity index (χ1v) is 14.4. The van der Waals surface area contributed by atoms with Crippen molar-refractivity contribution in [3.05, 3.63) is 85.9 Å². The van der Waals surface area contributed by atoms with Gasteiger partial charge in [-0.2, -0.15) is 0 Å². The summed E-state index contributed by atoms with van der Waals surface area (Å²) in [5.41, 5.74) is 8.51. The number of thiophene rings is 1. The Morgan fingerprint density at radius 2 is 1.93 bits per heavy atom. The number of ketones is 1. The van der Waals surface area contributed by atoms with Crippen LogP contribution in [0.25, 0.3) is 20.4 Å². The van der Waals surface area contributed by atoms with Crippen LogP contribution < -0.4 is 11.1 Å². The summed E-state index contributed by atoms with van der Waals surface area (Å²) in [7, 11) is 0. The molecular weight excluding hydrogens is 562 g/mol. The zero-order chi connectivity index (χ0) is 29.2. The number of amides is 1. The van der Waals surface area contributed by atoms with E-state index in [1.807, 2.05) is 24.3 Å². The molecule has 3 aromatic heterocycles. The van der Waals surface area contributed by atoms with Gasteiger partial charge in [-0.25, -0.2) is 9.97 Å². The van der Waals surface area contributed by atoms with Crippen molar-refractivity contribution >= 4 is 71.3 Å². The molecule has 6 rings (SSSR count). The van der Waals surface area contributed by atoms with E-state index >= 15 is 0 Å². The van der Waals surface area contributed by atoms with E-state index in [9.17, 15) is 24.8 Å². The lowest BCUT2D eigenvalue weighted by atomic mass is 9.62. The van der Waals surface area contributed by atoms with Crippen molar-refractivity contribution in [2.24, 2.45) is 5.92 Å². The number of nitro groups is 1. The summed E-state index contributed by atoms with van der Waals surface area (Å²) in [6.45, 7) is 4.81. The van der Waals surface area contributed by atoms with Gasteiger partial charge in [-0.15, -0.1) is 11.3 Å². The lowest BCUT2D eigenvalue weighted by molar-refractivity contribution is -0.384. The first kappa shape index (κ1) is 26.9. The molecule has 10 nitrogen and oxygen atoms in total. The van der Waals surface area contributed by atoms with E-state index in [-0.39, 0.29) is 28.5 Å². The number of thiazole rings is 1. The fraction of sp³-hybridized carbons (Fsp3) is 0.241. The number of nitrogens with zero attached hydrogens (tertiary/aromatic N) is 3. The second-order valence-electron chi connectivity index (χ2n) is 10.5. The van der Waals surface area contributed by atoms with Gasteiger partial charge in [0.15, 0.2) is 5.13 Å². The van der Waals surface area contributed by atoms with Crippen LogP contribution in [-0.2, 0) is 11.2 Å². The van der Waals surface area contributed by atoms with Crippen LogP contribution in [0.1, 0.15) is 51.8 Å². The molecule has 0 saturated carbocycles. The number of non-ortho nitro benzene ring substituents is 1. The van der Waals surface area contributed by atoms with Crippen LogP contribution in [-0.4, -0.2) is 37.3 Å². The molecule has 3 atom stereocenters. The van der Waals surface area contributed by atoms with Crippen molar-refractivity contribution in [2.45, 2.75) is 38.7 Å². The van der Waals surface area contributed by atoms with E-state index in [1.165, 1.54) is 30.4 Å². The van der Waals surface area contributed by atoms with Crippen molar-refractivity contribution in [2.75, 3.05) is 11.1 Å². The zero-order valence-corrected chi connectivity index (χ0v) is 23.9. The number of carbonyl (C=O) groups is 2. The third-order valence-corrected chi connectivity index (χ3v) is 9.71. The summed E-state index contributed by atoms with van der Waals surface area (Å²) in [6.07, 6.45) is 0.0950. The van der Waals surface area contributed by atoms with E-state index in [0.717, 1.165) is 21.6 Å². The normalized spacial score (nSPS) is 20.2. The van der Waals surface area contributed by atoms with E-state index in [4.69, 9.17) is 10.7 Å². The molecule has 0 fully saturated rings. The highest BCUT2D eigenvalue weighted by Gasteiger charge is 2.49. The Bertz CT molecular complexity index is 1880. The highest BCUT2D eigenvalue weighted by atomic mass is 32.1. The second kappa shape index (κ2) is 9.68. The molecule has 41 heavy (non-hydrogen) atoms. The summed E-state index contributed by atoms with van der Waals surface area (Å²) in [5, 5.41) is 27.1. The molecule has 0 spiro atoms. The number of pyridine rings is 1. The minimum absolute atomic E-state index is 0.0950. The molecule has 0 radical (unpaired) electrons. The molecule has 1 aliphatic rings. The van der Waals surface area contributed by atoms with E-state index in [0.29, 0.717) is 37.7 Å². The highest BCUT2D eigenvalue weighted by Crippen LogP contribution is 2.51. The van der Waals surface area contributed by atoms with Gasteiger partial charge in [0, 0.05) is 35.6 Å². The second-order valence-corrected chi connectivity index (χ2v) is 12.5. The molecule has 12 heteroatoms. The summed E-state index contributed by atoms with van der Waals surface area (Å²) >= 11 is 2.50. The van der Waals surface area contributed by atoms with E-state index in [1.54, 1.807) is 26.0 Å². The van der Waals surface area contributed by atoms with E-state index < -0.39 is 28.3 Å². The Kier molecular flexibility index (Phi) is 6.36. The number of aryl methyl sites for hydroxylation is 1. The summed E-state index contributed by atoms with van der Waals surface area (Å²) in [5.74, 6) is -2.25. The van der Waals surface area contributed by atoms with Gasteiger partial charge in [-0.1, -0.05) is 35.6 Å². The number of anilines is 2. The van der Waals surface area contributed by atoms with E-state index in [2.05, 4.69) is 10.3 Å². The summed E-state index contributed by atoms with van der Waals surface area (Å²) in [4.78, 5) is 47.5. The van der Waals surface area contributed by atoms with Crippen LogP contribution in [0.2, 0.25) is 0 Å². The number of hydrogen-bond donors (Lipinski definition) is 3. The smallest absolute Gasteiger partial charge is 0.269 e. The molecule has 1 amide bonds. The number of aliphatic hydroxyl groups is 1. The number of nitrogen functional groups attached to an aromatic ring is 1. The number of rotatable bonds is 5. The van der Waals surface area contributed by atoms with Crippen LogP contribution in [0.3, 0.4) is 0 Å². The van der Waals surface area contributed by atoms with Gasteiger partial charge in [0.1, 0.15) is 15.5 Å². The quantitative estimate of drug-likeness (QED) is 0.177. The molecule has 1 aliphatic carbocycles. The number of benzene rings is 2. The van der Waals surface area contributed by atoms with Gasteiger partial charge < -0.3 is 10.8 Å². The Morgan fingerprint density at radius 3 is 2.63 bits per heavy atom. The molecule has 3 unspecified atom stereocenters. The predicted octanol–water partition coefficient (Wildman–Crippen LogP) is 5.60. The molecular formula is C29H25N5O5S2. The number of aromatic nitrogens is 2. The Labute approximate surface area is 242 Å². The first-order valence-electron chi connectivity index (χ1n) is 12.8. The number of nitrogens with two attached hydrogens (primary N) is 1. The first-order chi connectivity index (χ1) is 19.5. The fourth-order valence-electron chi connectivity index (χ4n) is 6.07. The maximum atomic E-state index is 13.4. The predicted molar refractivity (Wildman–Crippen MR) is 160 cm³/mol. The minimum Gasteiger partial charge on any atom is -0.397 e. The molecule has 2 aromatic carbocycles. The Morgan fingerprint density at radius 1 is 1.17 bits per heavy atom. The number of para-hydroxylation sites is 1. The minimum atomic E-state index is -1.49. The van der Waals surface area contributed by atoms with Crippen LogP contribution in [0.15, 0.2) is 48.5 Å². The standard InChI is InChI=1S/C29H25N5O5S2/c1-13-20-17(12-29(3,37)23(14(2)35)21(20)15-7-6-8-16(11-15)34(38)39)22-24(30)25(41-27(22)31-13)26(36)33-28-32-18-9-4-5-10-19(18)40-28/h4-11,21,23,37H,12,30H2,1-3H3,(H,32,33,36). The highest BCUT2D eigenvalue weighted by molar-refractivity contribution is 7.23. The lowest BCUT2D eigenvalue weighted by Gasteiger charge is -2.43. The van der Waals surface area contributed by atoms with Crippen molar-refractivity contribution in [3.63, 3.8) is 0 Å². The van der Waals surface area contributed by atoms with Crippen LogP contribution in [0.4, 0.5) is 16.5 Å². The Hall–Kier alpha value is -4.26. The average molecular weight is 588 g/mol. The molecule has 208 valence electrons. The van der Waals surface area contributed by atoms with Crippen LogP contribution in [0.5, 0.6) is 0 Å². The largest absolute Gasteiger partial charge is 0.397 e. The lowest BCUT2D eigenvalue weighted by Crippen LogP contribution is -2.48. The number of hydrogen-bond acceptors (Lipinski definition) is 10. The van der Waals surface area contributed by atoms with Crippen molar-refractivity contribution in [1.29, 1.82) is 0 Å². The molecule has 0 bridgehead atoms. The third kappa shape index (κ3) is 4.44. The fourth-order valence-corrected chi connectivity index (χ4v) is 8.00. The monoisotopic (exact) mass is 587 g/mol. The van der Waals surface area contributed by atoms with Crippen LogP contribution in [0, 0.1) is 23.0 Å². The number of nitro benzene ring substituents is 1. The summed E-state index contributed by atoms with van der Waals surface area (Å²) < 4.78 is 0.938. The summed E-state index contributed by atoms with van der Waals surface area (Å²) in [6, 6.07) is 13.7. The van der Waals surface area contributed by atoms with Crippen molar-refractivity contribution in [1.82, 2.24) is 9.97 Å². The third-order valence-electron chi connectivity index (χ3n) is 7.66. The van der Waals surface area contributed by atoms with Gasteiger partial charge in [0.2, 0.25) is 0 Å². The zero-order valence-electron chi connectivity index (χ0n) is 22.3. The van der Waals surface area contributed by atoms with Gasteiger partial charge in [0.25, 0.3) is 11.6 Å². The average Bonchev–Trinajstić information content (AvgIpc) is 3.47. The number of Topliss-reactive ketones (excluding diaryl/α,β-unsaturated/α-hetero) is 1. The molecule has 5 aromatic rings. The topological polar surface area (TPSA) is 161 Å². The van der Waals surface area contributed by atoms with Gasteiger partial charge in [-0.3, -0.25) is 25.0 Å². The van der Waals surface area contributed by atoms with Gasteiger partial charge in [0.05, 0.1) is 32.3 Å². The van der Waals surface area contributed by atoms with Gasteiger partial charge >= 0.3 is 0 Å². The molecule has 0 aliphatic heterocycles. The number of fused-ring (bicyclic) bond motifs is 4. The van der Waals surface area contributed by atoms with Crippen molar-refractivity contribution < 1.29 is 19.6 Å². The number of nitrogens with one attached hydrogen (secondary N) is 1. The van der Waals surface area contributed by atoms with Crippen molar-refractivity contribution in [3.8, 4) is 0 Å². The SMILES string of the molecule is CC(=O)C1C(c2cccc([N+](=O)[O-])c2)c2c(C)nc3sc(C(=O)Nc4nc5ccccc5s4)c(N)c3c2CC1(C)O. The molecule has 0 saturated heterocycles. The maximum Gasteiger partial charge on any atom is 0.269 e. The Balaban J connectivity index is 1.51. The van der Waals surface area contributed by atoms with Crippen LogP contribution >= 0.6 is 22.7 Å². The molecule has 4 N–H and O–H groups in total. The van der Waals surface area contributed by atoms with Gasteiger partial charge in [-0.05, 0) is 49.6 Å². The maximum absolute atomic E-state index is 13.4.